The van der Waals surface area contributed by atoms with Gasteiger partial charge in [0.05, 0.1) is 12.2 Å². The Kier molecular flexibility index (Phi) is 4.07. The van der Waals surface area contributed by atoms with Gasteiger partial charge in [-0.05, 0) is 37.1 Å². The summed E-state index contributed by atoms with van der Waals surface area (Å²) in [7, 11) is 0. The molecule has 1 aliphatic heterocycles. The Morgan fingerprint density at radius 1 is 1.19 bits per heavy atom. The summed E-state index contributed by atoms with van der Waals surface area (Å²) in [5.41, 5.74) is 4.95. The lowest BCUT2D eigenvalue weighted by Crippen LogP contribution is -2.25. The van der Waals surface area contributed by atoms with Crippen molar-refractivity contribution in [1.29, 1.82) is 0 Å². The summed E-state index contributed by atoms with van der Waals surface area (Å²) >= 11 is 0. The third kappa shape index (κ3) is 3.01. The number of nitrogens with one attached hydrogen (secondary N) is 1. The molecule has 0 bridgehead atoms. The number of aryl methyl sites for hydroxylation is 2. The second-order valence-corrected chi connectivity index (χ2v) is 6.85. The van der Waals surface area contributed by atoms with E-state index >= 15 is 0 Å². The molecule has 4 nitrogen and oxygen atoms in total. The van der Waals surface area contributed by atoms with Crippen molar-refractivity contribution in [3.05, 3.63) is 82.3 Å². The Morgan fingerprint density at radius 2 is 2.00 bits per heavy atom. The van der Waals surface area contributed by atoms with E-state index in [0.717, 1.165) is 28.2 Å². The van der Waals surface area contributed by atoms with Gasteiger partial charge in [0.25, 0.3) is 0 Å². The van der Waals surface area contributed by atoms with E-state index < -0.39 is 0 Å². The lowest BCUT2D eigenvalue weighted by Gasteiger charge is -2.24. The zero-order valence-electron chi connectivity index (χ0n) is 14.8. The minimum Gasteiger partial charge on any atom is -0.311 e. The van der Waals surface area contributed by atoms with Crippen LogP contribution in [0.15, 0.2) is 48.5 Å². The molecular formula is C21H20FN3O. The Bertz CT molecular complexity index is 993. The number of benzene rings is 2. The van der Waals surface area contributed by atoms with E-state index in [-0.39, 0.29) is 17.6 Å². The predicted octanol–water partition coefficient (Wildman–Crippen LogP) is 4.16. The lowest BCUT2D eigenvalue weighted by molar-refractivity contribution is -0.116. The van der Waals surface area contributed by atoms with E-state index in [0.29, 0.717) is 13.0 Å². The Balaban J connectivity index is 1.77. The highest BCUT2D eigenvalue weighted by molar-refractivity contribution is 5.94. The molecule has 0 spiro atoms. The Hall–Kier alpha value is -2.95. The van der Waals surface area contributed by atoms with Gasteiger partial charge in [0, 0.05) is 17.9 Å². The van der Waals surface area contributed by atoms with Crippen LogP contribution in [0.5, 0.6) is 0 Å². The second-order valence-electron chi connectivity index (χ2n) is 6.85. The van der Waals surface area contributed by atoms with E-state index in [4.69, 9.17) is 0 Å². The molecule has 132 valence electrons. The maximum Gasteiger partial charge on any atom is 0.226 e. The van der Waals surface area contributed by atoms with Crippen molar-refractivity contribution < 1.29 is 9.18 Å². The summed E-state index contributed by atoms with van der Waals surface area (Å²) in [5.74, 6) is 0.173. The molecule has 1 atom stereocenters. The second kappa shape index (κ2) is 6.41. The molecule has 2 heterocycles. The van der Waals surface area contributed by atoms with Gasteiger partial charge in [0.1, 0.15) is 11.6 Å². The van der Waals surface area contributed by atoms with E-state index in [1.165, 1.54) is 17.7 Å². The van der Waals surface area contributed by atoms with Crippen LogP contribution in [0.4, 0.5) is 10.2 Å². The first-order chi connectivity index (χ1) is 12.5. The van der Waals surface area contributed by atoms with Crippen LogP contribution < -0.4 is 5.32 Å². The highest BCUT2D eigenvalue weighted by Crippen LogP contribution is 2.39. The average molecular weight is 349 g/mol. The average Bonchev–Trinajstić information content (AvgIpc) is 2.90. The highest BCUT2D eigenvalue weighted by atomic mass is 19.1. The van der Waals surface area contributed by atoms with E-state index in [9.17, 15) is 9.18 Å². The molecule has 1 amide bonds. The molecule has 0 fully saturated rings. The Labute approximate surface area is 151 Å². The molecule has 1 N–H and O–H groups in total. The maximum absolute atomic E-state index is 13.7. The van der Waals surface area contributed by atoms with Crippen molar-refractivity contribution in [3.8, 4) is 0 Å². The largest absolute Gasteiger partial charge is 0.311 e. The first kappa shape index (κ1) is 16.5. The van der Waals surface area contributed by atoms with Gasteiger partial charge < -0.3 is 5.32 Å². The standard InChI is InChI=1S/C21H20FN3O/c1-13-5-3-6-15(9-13)12-25-21-20(14(2)24-25)18(11-19(26)23-21)16-7-4-8-17(22)10-16/h3-10,18H,11-12H2,1-2H3,(H,23,26). The minimum absolute atomic E-state index is 0.0721. The fraction of sp³-hybridized carbons (Fsp3) is 0.238. The fourth-order valence-corrected chi connectivity index (χ4v) is 3.72. The van der Waals surface area contributed by atoms with E-state index in [2.05, 4.69) is 29.5 Å². The van der Waals surface area contributed by atoms with Crippen LogP contribution >= 0.6 is 0 Å². The van der Waals surface area contributed by atoms with Crippen molar-refractivity contribution in [2.24, 2.45) is 0 Å². The third-order valence-electron chi connectivity index (χ3n) is 4.84. The minimum atomic E-state index is -0.292. The van der Waals surface area contributed by atoms with Gasteiger partial charge in [-0.3, -0.25) is 4.79 Å². The first-order valence-corrected chi connectivity index (χ1v) is 8.69. The topological polar surface area (TPSA) is 46.9 Å². The Morgan fingerprint density at radius 3 is 2.77 bits per heavy atom. The maximum atomic E-state index is 13.7. The number of hydrogen-bond acceptors (Lipinski definition) is 2. The molecule has 0 radical (unpaired) electrons. The van der Waals surface area contributed by atoms with E-state index in [1.54, 1.807) is 6.07 Å². The molecule has 0 saturated carbocycles. The summed E-state index contributed by atoms with van der Waals surface area (Å²) < 4.78 is 15.5. The van der Waals surface area contributed by atoms with Crippen molar-refractivity contribution >= 4 is 11.7 Å². The van der Waals surface area contributed by atoms with Crippen molar-refractivity contribution in [2.75, 3.05) is 5.32 Å². The van der Waals surface area contributed by atoms with Crippen LogP contribution in [0.25, 0.3) is 0 Å². The summed E-state index contributed by atoms with van der Waals surface area (Å²) in [6.07, 6.45) is 0.299. The molecule has 0 saturated heterocycles. The number of halogens is 1. The van der Waals surface area contributed by atoms with Gasteiger partial charge in [-0.1, -0.05) is 42.0 Å². The highest BCUT2D eigenvalue weighted by Gasteiger charge is 2.32. The SMILES string of the molecule is Cc1cccc(Cn2nc(C)c3c2NC(=O)CC3c2cccc(F)c2)c1. The van der Waals surface area contributed by atoms with Gasteiger partial charge >= 0.3 is 0 Å². The van der Waals surface area contributed by atoms with Crippen LogP contribution in [0, 0.1) is 19.7 Å². The van der Waals surface area contributed by atoms with Gasteiger partial charge in [-0.15, -0.1) is 0 Å². The van der Waals surface area contributed by atoms with Gasteiger partial charge in [-0.25, -0.2) is 9.07 Å². The number of aromatic nitrogens is 2. The fourth-order valence-electron chi connectivity index (χ4n) is 3.72. The zero-order valence-corrected chi connectivity index (χ0v) is 14.8. The molecule has 3 aromatic rings. The molecule has 1 aliphatic rings. The number of carbonyl (C=O) groups excluding carboxylic acids is 1. The summed E-state index contributed by atoms with van der Waals surface area (Å²) in [6.45, 7) is 4.57. The van der Waals surface area contributed by atoms with E-state index in [1.807, 2.05) is 29.8 Å². The smallest absolute Gasteiger partial charge is 0.226 e. The van der Waals surface area contributed by atoms with Crippen LogP contribution in [-0.4, -0.2) is 15.7 Å². The monoisotopic (exact) mass is 349 g/mol. The van der Waals surface area contributed by atoms with Gasteiger partial charge in [0.2, 0.25) is 5.91 Å². The normalized spacial score (nSPS) is 16.3. The first-order valence-electron chi connectivity index (χ1n) is 8.69. The summed E-state index contributed by atoms with van der Waals surface area (Å²) in [6, 6.07) is 14.7. The number of fused-ring (bicyclic) bond motifs is 1. The van der Waals surface area contributed by atoms with Crippen LogP contribution in [0.2, 0.25) is 0 Å². The van der Waals surface area contributed by atoms with Gasteiger partial charge in [-0.2, -0.15) is 5.10 Å². The van der Waals surface area contributed by atoms with Crippen molar-refractivity contribution in [2.45, 2.75) is 32.7 Å². The number of rotatable bonds is 3. The molecule has 4 rings (SSSR count). The van der Waals surface area contributed by atoms with Crippen LogP contribution in [0.3, 0.4) is 0 Å². The van der Waals surface area contributed by atoms with Gasteiger partial charge in [0.15, 0.2) is 0 Å². The predicted molar refractivity (Wildman–Crippen MR) is 98.7 cm³/mol. The molecule has 5 heteroatoms. The number of carbonyl (C=O) groups is 1. The molecule has 2 aromatic carbocycles. The molecule has 26 heavy (non-hydrogen) atoms. The summed E-state index contributed by atoms with van der Waals surface area (Å²) in [4.78, 5) is 12.3. The number of hydrogen-bond donors (Lipinski definition) is 1. The molecule has 1 aromatic heterocycles. The number of amides is 1. The zero-order chi connectivity index (χ0) is 18.3. The summed E-state index contributed by atoms with van der Waals surface area (Å²) in [5, 5.41) is 7.62. The number of nitrogens with zero attached hydrogens (tertiary/aromatic N) is 2. The lowest BCUT2D eigenvalue weighted by atomic mass is 9.86. The molecular weight excluding hydrogens is 329 g/mol. The van der Waals surface area contributed by atoms with Crippen LogP contribution in [-0.2, 0) is 11.3 Å². The quantitative estimate of drug-likeness (QED) is 0.772. The molecule has 0 aliphatic carbocycles. The number of anilines is 1. The van der Waals surface area contributed by atoms with Crippen molar-refractivity contribution in [3.63, 3.8) is 0 Å². The molecule has 1 unspecified atom stereocenters. The van der Waals surface area contributed by atoms with Crippen molar-refractivity contribution in [1.82, 2.24) is 9.78 Å². The third-order valence-corrected chi connectivity index (χ3v) is 4.84. The van der Waals surface area contributed by atoms with Crippen LogP contribution in [0.1, 0.15) is 40.3 Å².